The maximum atomic E-state index is 12.8. The Kier molecular flexibility index (Phi) is 9.24. The number of carbonyl (C=O) groups excluding carboxylic acids is 2. The summed E-state index contributed by atoms with van der Waals surface area (Å²) in [6, 6.07) is 12.9. The Balaban J connectivity index is 2.03. The molecule has 0 heterocycles. The van der Waals surface area contributed by atoms with Gasteiger partial charge in [0.25, 0.3) is 0 Å². The zero-order valence-corrected chi connectivity index (χ0v) is 17.9. The second-order valence-corrected chi connectivity index (χ2v) is 7.41. The van der Waals surface area contributed by atoms with Crippen LogP contribution in [0.5, 0.6) is 11.5 Å². The summed E-state index contributed by atoms with van der Waals surface area (Å²) in [5, 5.41) is 5.59. The number of alkyl halides is 2. The van der Waals surface area contributed by atoms with Crippen LogP contribution in [-0.2, 0) is 16.0 Å². The van der Waals surface area contributed by atoms with Crippen molar-refractivity contribution in [2.24, 2.45) is 5.92 Å². The van der Waals surface area contributed by atoms with E-state index >= 15 is 0 Å². The van der Waals surface area contributed by atoms with Gasteiger partial charge in [0.2, 0.25) is 11.8 Å². The maximum Gasteiger partial charge on any atom is 0.387 e. The highest BCUT2D eigenvalue weighted by Crippen LogP contribution is 2.29. The second-order valence-electron chi connectivity index (χ2n) is 7.41. The van der Waals surface area contributed by atoms with Gasteiger partial charge in [-0.1, -0.05) is 50.2 Å². The lowest BCUT2D eigenvalue weighted by atomic mass is 10.0. The molecule has 2 rings (SSSR count). The van der Waals surface area contributed by atoms with Crippen molar-refractivity contribution in [1.82, 2.24) is 10.6 Å². The maximum absolute atomic E-state index is 12.8. The summed E-state index contributed by atoms with van der Waals surface area (Å²) in [5.74, 6) is -0.252. The van der Waals surface area contributed by atoms with E-state index in [0.717, 1.165) is 0 Å². The fourth-order valence-corrected chi connectivity index (χ4v) is 3.03. The highest BCUT2D eigenvalue weighted by Gasteiger charge is 2.22. The lowest BCUT2D eigenvalue weighted by molar-refractivity contribution is -0.129. The number of amides is 2. The molecule has 0 spiro atoms. The topological polar surface area (TPSA) is 76.7 Å². The summed E-state index contributed by atoms with van der Waals surface area (Å²) >= 11 is 0. The number of nitrogens with one attached hydrogen (secondary N) is 2. The van der Waals surface area contributed by atoms with Crippen molar-refractivity contribution < 1.29 is 27.8 Å². The summed E-state index contributed by atoms with van der Waals surface area (Å²) in [6.07, 6.45) is 0.701. The molecule has 2 aromatic rings. The minimum absolute atomic E-state index is 0.0653. The molecule has 2 N–H and O–H groups in total. The highest BCUT2D eigenvalue weighted by atomic mass is 19.3. The van der Waals surface area contributed by atoms with Crippen molar-refractivity contribution in [1.29, 1.82) is 0 Å². The summed E-state index contributed by atoms with van der Waals surface area (Å²) in [7, 11) is 1.37. The number of hydrogen-bond donors (Lipinski definition) is 2. The van der Waals surface area contributed by atoms with Gasteiger partial charge in [-0.25, -0.2) is 0 Å². The predicted molar refractivity (Wildman–Crippen MR) is 113 cm³/mol. The third kappa shape index (κ3) is 7.88. The summed E-state index contributed by atoms with van der Waals surface area (Å²) in [6.45, 7) is 1.14. The van der Waals surface area contributed by atoms with E-state index in [4.69, 9.17) is 4.74 Å². The Morgan fingerprint density at radius 2 is 1.74 bits per heavy atom. The molecule has 6 nitrogen and oxygen atoms in total. The fraction of sp³-hybridized carbons (Fsp3) is 0.391. The lowest BCUT2D eigenvalue weighted by Crippen LogP contribution is -2.41. The van der Waals surface area contributed by atoms with E-state index in [0.29, 0.717) is 24.0 Å². The van der Waals surface area contributed by atoms with Crippen LogP contribution >= 0.6 is 0 Å². The van der Waals surface area contributed by atoms with Gasteiger partial charge in [0, 0.05) is 13.0 Å². The second kappa shape index (κ2) is 11.9. The standard InChI is InChI=1S/C23H28F2N2O4/c1-15(2)13-20(28)27-21(17-7-5-4-6-8-17)22(29)26-12-11-16-9-10-18(30-3)19(14-16)31-23(24)25/h4-10,14-15,21,23H,11-13H2,1-3H3,(H,26,29)(H,27,28). The Bertz CT molecular complexity index is 860. The number of hydrogen-bond acceptors (Lipinski definition) is 4. The molecular formula is C23H28F2N2O4. The van der Waals surface area contributed by atoms with Crippen molar-refractivity contribution in [3.63, 3.8) is 0 Å². The lowest BCUT2D eigenvalue weighted by Gasteiger charge is -2.19. The number of methoxy groups -OCH3 is 1. The van der Waals surface area contributed by atoms with Crippen LogP contribution in [-0.4, -0.2) is 32.1 Å². The molecule has 1 atom stereocenters. The fourth-order valence-electron chi connectivity index (χ4n) is 3.03. The Morgan fingerprint density at radius 3 is 2.35 bits per heavy atom. The van der Waals surface area contributed by atoms with Gasteiger partial charge in [0.05, 0.1) is 7.11 Å². The average Bonchev–Trinajstić information content (AvgIpc) is 2.72. The summed E-state index contributed by atoms with van der Waals surface area (Å²) < 4.78 is 34.7. The highest BCUT2D eigenvalue weighted by molar-refractivity contribution is 5.88. The molecule has 0 aliphatic carbocycles. The summed E-state index contributed by atoms with van der Waals surface area (Å²) in [4.78, 5) is 25.0. The minimum atomic E-state index is -2.97. The molecule has 2 amide bonds. The minimum Gasteiger partial charge on any atom is -0.493 e. The zero-order valence-electron chi connectivity index (χ0n) is 17.9. The number of rotatable bonds is 11. The zero-order chi connectivity index (χ0) is 22.8. The van der Waals surface area contributed by atoms with E-state index in [2.05, 4.69) is 15.4 Å². The average molecular weight is 434 g/mol. The smallest absolute Gasteiger partial charge is 0.387 e. The van der Waals surface area contributed by atoms with Crippen LogP contribution in [0.4, 0.5) is 8.78 Å². The molecule has 1 unspecified atom stereocenters. The molecule has 0 aromatic heterocycles. The first-order valence-electron chi connectivity index (χ1n) is 10.0. The number of ether oxygens (including phenoxy) is 2. The van der Waals surface area contributed by atoms with Crippen LogP contribution in [0.2, 0.25) is 0 Å². The van der Waals surface area contributed by atoms with Gasteiger partial charge in [-0.15, -0.1) is 0 Å². The molecule has 0 aliphatic heterocycles. The SMILES string of the molecule is COc1ccc(CCNC(=O)C(NC(=O)CC(C)C)c2ccccc2)cc1OC(F)F. The number of halogens is 2. The summed E-state index contributed by atoms with van der Waals surface area (Å²) in [5.41, 5.74) is 1.37. The number of benzene rings is 2. The van der Waals surface area contributed by atoms with Crippen molar-refractivity contribution in [3.8, 4) is 11.5 Å². The quantitative estimate of drug-likeness (QED) is 0.563. The van der Waals surface area contributed by atoms with Crippen molar-refractivity contribution in [2.45, 2.75) is 39.3 Å². The largest absolute Gasteiger partial charge is 0.493 e. The molecule has 31 heavy (non-hydrogen) atoms. The number of carbonyl (C=O) groups is 2. The van der Waals surface area contributed by atoms with Crippen LogP contribution < -0.4 is 20.1 Å². The Hall–Kier alpha value is -3.16. The van der Waals surface area contributed by atoms with Gasteiger partial charge in [-0.05, 0) is 35.6 Å². The van der Waals surface area contributed by atoms with Gasteiger partial charge in [-0.2, -0.15) is 8.78 Å². The Labute approximate surface area is 180 Å². The van der Waals surface area contributed by atoms with Crippen molar-refractivity contribution in [2.75, 3.05) is 13.7 Å². The van der Waals surface area contributed by atoms with Crippen LogP contribution in [0.25, 0.3) is 0 Å². The first-order chi connectivity index (χ1) is 14.8. The van der Waals surface area contributed by atoms with E-state index in [1.54, 1.807) is 30.3 Å². The van der Waals surface area contributed by atoms with Gasteiger partial charge in [-0.3, -0.25) is 9.59 Å². The normalized spacial score (nSPS) is 11.8. The molecule has 8 heteroatoms. The predicted octanol–water partition coefficient (Wildman–Crippen LogP) is 3.86. The van der Waals surface area contributed by atoms with E-state index in [1.807, 2.05) is 19.9 Å². The molecule has 2 aromatic carbocycles. The van der Waals surface area contributed by atoms with E-state index in [-0.39, 0.29) is 35.8 Å². The first kappa shape index (κ1) is 24.1. The first-order valence-corrected chi connectivity index (χ1v) is 10.0. The van der Waals surface area contributed by atoms with Crippen LogP contribution in [0.3, 0.4) is 0 Å². The van der Waals surface area contributed by atoms with Gasteiger partial charge in [0.1, 0.15) is 6.04 Å². The van der Waals surface area contributed by atoms with Crippen molar-refractivity contribution in [3.05, 3.63) is 59.7 Å². The molecule has 0 bridgehead atoms. The van der Waals surface area contributed by atoms with Crippen LogP contribution in [0.15, 0.2) is 48.5 Å². The molecular weight excluding hydrogens is 406 g/mol. The van der Waals surface area contributed by atoms with Gasteiger partial charge >= 0.3 is 6.61 Å². The molecule has 0 radical (unpaired) electrons. The van der Waals surface area contributed by atoms with Gasteiger partial charge in [0.15, 0.2) is 11.5 Å². The molecule has 168 valence electrons. The van der Waals surface area contributed by atoms with E-state index in [9.17, 15) is 18.4 Å². The molecule has 0 fully saturated rings. The monoisotopic (exact) mass is 434 g/mol. The van der Waals surface area contributed by atoms with Gasteiger partial charge < -0.3 is 20.1 Å². The van der Waals surface area contributed by atoms with E-state index in [1.165, 1.54) is 19.2 Å². The Morgan fingerprint density at radius 1 is 1.03 bits per heavy atom. The molecule has 0 aliphatic rings. The van der Waals surface area contributed by atoms with Crippen molar-refractivity contribution >= 4 is 11.8 Å². The molecule has 0 saturated carbocycles. The van der Waals surface area contributed by atoms with Crippen LogP contribution in [0.1, 0.15) is 37.4 Å². The van der Waals surface area contributed by atoms with E-state index < -0.39 is 12.7 Å². The molecule has 0 saturated heterocycles. The van der Waals surface area contributed by atoms with Crippen LogP contribution in [0, 0.1) is 5.92 Å². The third-order valence-corrected chi connectivity index (χ3v) is 4.45. The third-order valence-electron chi connectivity index (χ3n) is 4.45.